The highest BCUT2D eigenvalue weighted by molar-refractivity contribution is 7.92. The van der Waals surface area contributed by atoms with Crippen molar-refractivity contribution in [3.63, 3.8) is 0 Å². The number of carbonyl (C=O) groups is 1. The molecule has 1 aromatic carbocycles. The van der Waals surface area contributed by atoms with Gasteiger partial charge in [0.25, 0.3) is 0 Å². The molecule has 1 aliphatic heterocycles. The Bertz CT molecular complexity index is 650. The molecule has 1 saturated carbocycles. The van der Waals surface area contributed by atoms with Gasteiger partial charge in [-0.3, -0.25) is 4.79 Å². The topological polar surface area (TPSA) is 54.5 Å². The third-order valence-electron chi connectivity index (χ3n) is 5.49. The minimum atomic E-state index is -3.28. The lowest BCUT2D eigenvalue weighted by Crippen LogP contribution is -2.38. The van der Waals surface area contributed by atoms with Crippen molar-refractivity contribution in [1.29, 1.82) is 0 Å². The third-order valence-corrected chi connectivity index (χ3v) is 7.62. The lowest BCUT2D eigenvalue weighted by Gasteiger charge is -2.22. The number of rotatable bonds is 4. The average molecular weight is 349 g/mol. The lowest BCUT2D eigenvalue weighted by atomic mass is 9.92. The number of amides is 1. The summed E-state index contributed by atoms with van der Waals surface area (Å²) >= 11 is 0. The van der Waals surface area contributed by atoms with Crippen LogP contribution in [0.5, 0.6) is 0 Å². The Morgan fingerprint density at radius 1 is 0.958 bits per heavy atom. The number of hydrogen-bond donors (Lipinski definition) is 0. The molecular weight excluding hydrogens is 322 g/mol. The zero-order valence-corrected chi connectivity index (χ0v) is 15.0. The predicted molar refractivity (Wildman–Crippen MR) is 95.7 cm³/mol. The molecule has 1 atom stereocenters. The Balaban J connectivity index is 1.58. The molecule has 0 bridgehead atoms. The average Bonchev–Trinajstić information content (AvgIpc) is 3.01. The summed E-state index contributed by atoms with van der Waals surface area (Å²) in [5.41, 5.74) is 1.32. The fourth-order valence-corrected chi connectivity index (χ4v) is 5.85. The van der Waals surface area contributed by atoms with Crippen LogP contribution in [0.15, 0.2) is 30.3 Å². The molecule has 5 heteroatoms. The Morgan fingerprint density at radius 2 is 1.67 bits per heavy atom. The Hall–Kier alpha value is -1.36. The van der Waals surface area contributed by atoms with E-state index in [0.717, 1.165) is 44.9 Å². The molecule has 0 aromatic heterocycles. The summed E-state index contributed by atoms with van der Waals surface area (Å²) in [6, 6.07) is 10.4. The second kappa shape index (κ2) is 7.68. The normalized spacial score (nSPS) is 23.2. The molecule has 0 N–H and O–H groups in total. The van der Waals surface area contributed by atoms with Gasteiger partial charge < -0.3 is 4.90 Å². The summed E-state index contributed by atoms with van der Waals surface area (Å²) in [5, 5.41) is -0.287. The maximum Gasteiger partial charge on any atom is 0.237 e. The number of hydrogen-bond acceptors (Lipinski definition) is 3. The maximum atomic E-state index is 12.5. The number of likely N-dealkylation sites (tertiary alicyclic amines) is 1. The first kappa shape index (κ1) is 17.5. The molecule has 1 amide bonds. The van der Waals surface area contributed by atoms with Crippen LogP contribution >= 0.6 is 0 Å². The van der Waals surface area contributed by atoms with Crippen molar-refractivity contribution < 1.29 is 13.2 Å². The molecular formula is C19H27NO3S. The summed E-state index contributed by atoms with van der Waals surface area (Å²) in [4.78, 5) is 14.3. The van der Waals surface area contributed by atoms with Crippen LogP contribution in [-0.2, 0) is 14.6 Å². The quantitative estimate of drug-likeness (QED) is 0.839. The van der Waals surface area contributed by atoms with Gasteiger partial charge in [0.2, 0.25) is 5.91 Å². The summed E-state index contributed by atoms with van der Waals surface area (Å²) in [5.74, 6) is -0.0285. The first-order valence-electron chi connectivity index (χ1n) is 9.10. The van der Waals surface area contributed by atoms with E-state index in [0.29, 0.717) is 19.0 Å². The van der Waals surface area contributed by atoms with Gasteiger partial charge in [-0.1, -0.05) is 43.2 Å². The molecule has 3 rings (SSSR count). The molecule has 1 aromatic rings. The number of benzene rings is 1. The van der Waals surface area contributed by atoms with Crippen LogP contribution in [0.25, 0.3) is 0 Å². The Morgan fingerprint density at radius 3 is 2.38 bits per heavy atom. The van der Waals surface area contributed by atoms with Crippen LogP contribution in [0.4, 0.5) is 0 Å². The number of carbonyl (C=O) groups excluding carboxylic acids is 1. The molecule has 2 aliphatic rings. The van der Waals surface area contributed by atoms with Gasteiger partial charge in [-0.25, -0.2) is 8.42 Å². The molecule has 132 valence electrons. The molecule has 0 radical (unpaired) electrons. The van der Waals surface area contributed by atoms with Crippen molar-refractivity contribution in [2.45, 2.75) is 56.1 Å². The summed E-state index contributed by atoms with van der Waals surface area (Å²) in [6.45, 7) is 1.35. The van der Waals surface area contributed by atoms with Crippen molar-refractivity contribution in [2.24, 2.45) is 0 Å². The van der Waals surface area contributed by atoms with E-state index in [1.54, 1.807) is 4.90 Å². The molecule has 2 fully saturated rings. The first-order chi connectivity index (χ1) is 11.6. The van der Waals surface area contributed by atoms with Crippen LogP contribution in [-0.4, -0.2) is 43.3 Å². The summed E-state index contributed by atoms with van der Waals surface area (Å²) < 4.78 is 24.8. The molecule has 4 nitrogen and oxygen atoms in total. The van der Waals surface area contributed by atoms with Crippen LogP contribution in [0.1, 0.15) is 56.4 Å². The molecule has 1 heterocycles. The highest BCUT2D eigenvalue weighted by atomic mass is 32.2. The van der Waals surface area contributed by atoms with Crippen molar-refractivity contribution in [2.75, 3.05) is 18.8 Å². The van der Waals surface area contributed by atoms with Gasteiger partial charge in [-0.05, 0) is 43.6 Å². The summed E-state index contributed by atoms with van der Waals surface area (Å²) in [7, 11) is -3.28. The smallest absolute Gasteiger partial charge is 0.237 e. The maximum absolute atomic E-state index is 12.5. The molecule has 1 saturated heterocycles. The highest BCUT2D eigenvalue weighted by Crippen LogP contribution is 2.29. The molecule has 0 spiro atoms. The van der Waals surface area contributed by atoms with Gasteiger partial charge in [0.05, 0.1) is 5.25 Å². The third kappa shape index (κ3) is 4.18. The van der Waals surface area contributed by atoms with Gasteiger partial charge in [0.1, 0.15) is 5.75 Å². The Kier molecular flexibility index (Phi) is 5.59. The van der Waals surface area contributed by atoms with Crippen molar-refractivity contribution in [1.82, 2.24) is 4.90 Å². The van der Waals surface area contributed by atoms with E-state index in [9.17, 15) is 13.2 Å². The lowest BCUT2D eigenvalue weighted by molar-refractivity contribution is -0.128. The van der Waals surface area contributed by atoms with E-state index >= 15 is 0 Å². The van der Waals surface area contributed by atoms with Crippen molar-refractivity contribution in [3.8, 4) is 0 Å². The van der Waals surface area contributed by atoms with E-state index in [-0.39, 0.29) is 16.9 Å². The number of sulfone groups is 1. The van der Waals surface area contributed by atoms with Crippen molar-refractivity contribution in [3.05, 3.63) is 35.9 Å². The van der Waals surface area contributed by atoms with E-state index in [1.807, 2.05) is 6.07 Å². The predicted octanol–water partition coefficient (Wildman–Crippen LogP) is 3.14. The van der Waals surface area contributed by atoms with E-state index < -0.39 is 9.84 Å². The zero-order chi connectivity index (χ0) is 17.0. The second-order valence-corrected chi connectivity index (χ2v) is 9.41. The highest BCUT2D eigenvalue weighted by Gasteiger charge is 2.32. The SMILES string of the molecule is O=C(CS(=O)(=O)C1CCCC1)N1CCC[C@H](c2ccccc2)CC1. The minimum absolute atomic E-state index is 0.199. The first-order valence-corrected chi connectivity index (χ1v) is 10.8. The van der Waals surface area contributed by atoms with Gasteiger partial charge in [-0.15, -0.1) is 0 Å². The van der Waals surface area contributed by atoms with E-state index in [2.05, 4.69) is 24.3 Å². The monoisotopic (exact) mass is 349 g/mol. The minimum Gasteiger partial charge on any atom is -0.342 e. The summed E-state index contributed by atoms with van der Waals surface area (Å²) in [6.07, 6.45) is 6.32. The number of nitrogens with zero attached hydrogens (tertiary/aromatic N) is 1. The molecule has 24 heavy (non-hydrogen) atoms. The van der Waals surface area contributed by atoms with Crippen LogP contribution < -0.4 is 0 Å². The van der Waals surface area contributed by atoms with Crippen molar-refractivity contribution >= 4 is 15.7 Å². The largest absolute Gasteiger partial charge is 0.342 e. The molecule has 0 unspecified atom stereocenters. The van der Waals surface area contributed by atoms with Crippen LogP contribution in [0.2, 0.25) is 0 Å². The molecule has 1 aliphatic carbocycles. The van der Waals surface area contributed by atoms with Crippen LogP contribution in [0, 0.1) is 0 Å². The van der Waals surface area contributed by atoms with Gasteiger partial charge >= 0.3 is 0 Å². The fourth-order valence-electron chi connectivity index (χ4n) is 4.03. The standard InChI is InChI=1S/C19H27NO3S/c21-19(15-24(22,23)18-10-4-5-11-18)20-13-6-9-17(12-14-20)16-7-2-1-3-8-16/h1-3,7-8,17-18H,4-6,9-15H2/t17-/m0/s1. The van der Waals surface area contributed by atoms with Gasteiger partial charge in [-0.2, -0.15) is 0 Å². The van der Waals surface area contributed by atoms with E-state index in [4.69, 9.17) is 0 Å². The zero-order valence-electron chi connectivity index (χ0n) is 14.2. The van der Waals surface area contributed by atoms with E-state index in [1.165, 1.54) is 5.56 Å². The Labute approximate surface area is 145 Å². The van der Waals surface area contributed by atoms with Gasteiger partial charge in [0.15, 0.2) is 9.84 Å². The second-order valence-electron chi connectivity index (χ2n) is 7.13. The van der Waals surface area contributed by atoms with Crippen LogP contribution in [0.3, 0.4) is 0 Å². The van der Waals surface area contributed by atoms with Gasteiger partial charge in [0, 0.05) is 13.1 Å². The fraction of sp³-hybridized carbons (Fsp3) is 0.632.